The van der Waals surface area contributed by atoms with E-state index in [9.17, 15) is 9.59 Å². The third kappa shape index (κ3) is 3.65. The normalized spacial score (nSPS) is 11.0. The van der Waals surface area contributed by atoms with Crippen LogP contribution in [0.15, 0.2) is 47.3 Å². The molecule has 0 N–H and O–H groups in total. The van der Waals surface area contributed by atoms with E-state index < -0.39 is 0 Å². The van der Waals surface area contributed by atoms with Crippen LogP contribution in [0.4, 0.5) is 0 Å². The third-order valence-electron chi connectivity index (χ3n) is 5.07. The molecule has 140 valence electrons. The maximum absolute atomic E-state index is 13.0. The van der Waals surface area contributed by atoms with Gasteiger partial charge in [-0.25, -0.2) is 0 Å². The molecule has 0 spiro atoms. The first-order valence-electron chi connectivity index (χ1n) is 9.28. The lowest BCUT2D eigenvalue weighted by atomic mass is 9.92. The van der Waals surface area contributed by atoms with Gasteiger partial charge in [0, 0.05) is 23.7 Å². The summed E-state index contributed by atoms with van der Waals surface area (Å²) in [6, 6.07) is 14.1. The minimum absolute atomic E-state index is 0.0355. The Bertz CT molecular complexity index is 1050. The van der Waals surface area contributed by atoms with Crippen molar-refractivity contribution in [3.8, 4) is 11.1 Å². The van der Waals surface area contributed by atoms with Crippen molar-refractivity contribution >= 4 is 16.7 Å². The quantitative estimate of drug-likeness (QED) is 0.634. The highest BCUT2D eigenvalue weighted by Gasteiger charge is 2.18. The Labute approximate surface area is 159 Å². The topological polar surface area (TPSA) is 48.3 Å². The summed E-state index contributed by atoms with van der Waals surface area (Å²) < 4.78 is 6.75. The number of esters is 1. The van der Waals surface area contributed by atoms with Gasteiger partial charge in [0.25, 0.3) is 5.56 Å². The zero-order valence-electron chi connectivity index (χ0n) is 16.3. The number of aryl methyl sites for hydroxylation is 2. The second-order valence-corrected chi connectivity index (χ2v) is 6.84. The van der Waals surface area contributed by atoms with Crippen molar-refractivity contribution in [2.75, 3.05) is 6.61 Å². The minimum atomic E-state index is -0.246. The predicted octanol–water partition coefficient (Wildman–Crippen LogP) is 4.32. The summed E-state index contributed by atoms with van der Waals surface area (Å²) in [6.45, 7) is 6.23. The highest BCUT2D eigenvalue weighted by atomic mass is 16.5. The van der Waals surface area contributed by atoms with Gasteiger partial charge in [0.15, 0.2) is 0 Å². The van der Waals surface area contributed by atoms with E-state index in [4.69, 9.17) is 4.74 Å². The summed E-state index contributed by atoms with van der Waals surface area (Å²) >= 11 is 0. The number of rotatable bonds is 5. The fraction of sp³-hybridized carbons (Fsp3) is 0.304. The molecule has 0 saturated carbocycles. The number of carbonyl (C=O) groups is 1. The van der Waals surface area contributed by atoms with Crippen LogP contribution >= 0.6 is 0 Å². The number of nitrogens with zero attached hydrogens (tertiary/aromatic N) is 1. The zero-order valence-corrected chi connectivity index (χ0v) is 16.3. The molecule has 0 fully saturated rings. The molecule has 1 heterocycles. The molecule has 0 unspecified atom stereocenters. The summed E-state index contributed by atoms with van der Waals surface area (Å²) in [6.07, 6.45) is 0.703. The summed E-state index contributed by atoms with van der Waals surface area (Å²) in [4.78, 5) is 24.9. The molecule has 0 radical (unpaired) electrons. The van der Waals surface area contributed by atoms with Crippen LogP contribution in [0, 0.1) is 13.8 Å². The van der Waals surface area contributed by atoms with Crippen molar-refractivity contribution < 1.29 is 9.53 Å². The van der Waals surface area contributed by atoms with Crippen LogP contribution in [0.25, 0.3) is 21.9 Å². The van der Waals surface area contributed by atoms with Gasteiger partial charge in [-0.05, 0) is 55.3 Å². The Morgan fingerprint density at radius 3 is 2.30 bits per heavy atom. The predicted molar refractivity (Wildman–Crippen MR) is 109 cm³/mol. The number of fused-ring (bicyclic) bond motifs is 1. The Morgan fingerprint density at radius 2 is 1.67 bits per heavy atom. The van der Waals surface area contributed by atoms with E-state index in [1.165, 1.54) is 0 Å². The van der Waals surface area contributed by atoms with Gasteiger partial charge >= 0.3 is 5.97 Å². The molecule has 1 aromatic heterocycles. The monoisotopic (exact) mass is 363 g/mol. The van der Waals surface area contributed by atoms with E-state index in [0.29, 0.717) is 18.4 Å². The number of hydrogen-bond acceptors (Lipinski definition) is 3. The molecule has 4 heteroatoms. The van der Waals surface area contributed by atoms with Gasteiger partial charge in [-0.2, -0.15) is 0 Å². The van der Waals surface area contributed by atoms with E-state index in [1.807, 2.05) is 43.3 Å². The minimum Gasteiger partial charge on any atom is -0.466 e. The largest absolute Gasteiger partial charge is 0.466 e. The third-order valence-corrected chi connectivity index (χ3v) is 5.07. The molecule has 0 atom stereocenters. The molecule has 0 amide bonds. The van der Waals surface area contributed by atoms with E-state index in [2.05, 4.69) is 13.0 Å². The van der Waals surface area contributed by atoms with Crippen LogP contribution in [-0.2, 0) is 23.0 Å². The Balaban J connectivity index is 2.29. The molecule has 27 heavy (non-hydrogen) atoms. The number of carbonyl (C=O) groups excluding carboxylic acids is 1. The number of hydrogen-bond donors (Lipinski definition) is 0. The highest BCUT2D eigenvalue weighted by molar-refractivity contribution is 5.98. The Kier molecular flexibility index (Phi) is 5.45. The molecule has 0 saturated heterocycles. The summed E-state index contributed by atoms with van der Waals surface area (Å²) in [7, 11) is 1.78. The summed E-state index contributed by atoms with van der Waals surface area (Å²) in [5.74, 6) is -0.246. The molecule has 0 aliphatic rings. The molecular weight excluding hydrogens is 338 g/mol. The Morgan fingerprint density at radius 1 is 1.04 bits per heavy atom. The zero-order chi connectivity index (χ0) is 19.6. The van der Waals surface area contributed by atoms with Gasteiger partial charge in [-0.15, -0.1) is 0 Å². The second-order valence-electron chi connectivity index (χ2n) is 6.84. The maximum atomic E-state index is 13.0. The summed E-state index contributed by atoms with van der Waals surface area (Å²) in [5, 5.41) is 1.64. The second kappa shape index (κ2) is 7.78. The first-order valence-corrected chi connectivity index (χ1v) is 9.28. The van der Waals surface area contributed by atoms with E-state index in [-0.39, 0.29) is 17.9 Å². The molecule has 4 nitrogen and oxygen atoms in total. The maximum Gasteiger partial charge on any atom is 0.306 e. The van der Waals surface area contributed by atoms with Gasteiger partial charge in [0.2, 0.25) is 0 Å². The highest BCUT2D eigenvalue weighted by Crippen LogP contribution is 2.32. The van der Waals surface area contributed by atoms with Crippen LogP contribution < -0.4 is 5.56 Å². The van der Waals surface area contributed by atoms with Crippen molar-refractivity contribution in [3.63, 3.8) is 0 Å². The van der Waals surface area contributed by atoms with Gasteiger partial charge < -0.3 is 9.30 Å². The van der Waals surface area contributed by atoms with Crippen LogP contribution in [0.5, 0.6) is 0 Å². The molecule has 0 aliphatic heterocycles. The van der Waals surface area contributed by atoms with Crippen molar-refractivity contribution in [2.24, 2.45) is 7.05 Å². The number of pyridine rings is 1. The number of aromatic nitrogens is 1. The van der Waals surface area contributed by atoms with Crippen LogP contribution in [0.2, 0.25) is 0 Å². The molecular formula is C23H25NO3. The first kappa shape index (κ1) is 18.9. The van der Waals surface area contributed by atoms with Crippen molar-refractivity contribution in [2.45, 2.75) is 33.6 Å². The van der Waals surface area contributed by atoms with Crippen molar-refractivity contribution in [1.29, 1.82) is 0 Å². The lowest BCUT2D eigenvalue weighted by Crippen LogP contribution is -2.23. The van der Waals surface area contributed by atoms with E-state index >= 15 is 0 Å². The number of ether oxygens (including phenoxy) is 1. The van der Waals surface area contributed by atoms with Gasteiger partial charge in [0.1, 0.15) is 0 Å². The lowest BCUT2D eigenvalue weighted by Gasteiger charge is -2.18. The standard InChI is InChI=1S/C23H25NO3/c1-5-27-21(25)12-11-20-22(17-9-7-6-8-10-17)18-13-15(2)16(3)14-19(18)23(26)24(20)4/h6-10,13-14H,5,11-12H2,1-4H3. The van der Waals surface area contributed by atoms with E-state index in [1.54, 1.807) is 18.5 Å². The first-order chi connectivity index (χ1) is 12.9. The Hall–Kier alpha value is -2.88. The summed E-state index contributed by atoms with van der Waals surface area (Å²) in [5.41, 5.74) is 5.11. The molecule has 3 aromatic rings. The van der Waals surface area contributed by atoms with E-state index in [0.717, 1.165) is 33.3 Å². The van der Waals surface area contributed by atoms with Gasteiger partial charge in [-0.3, -0.25) is 9.59 Å². The molecule has 0 aliphatic carbocycles. The van der Waals surface area contributed by atoms with Crippen LogP contribution in [0.3, 0.4) is 0 Å². The fourth-order valence-corrected chi connectivity index (χ4v) is 3.50. The van der Waals surface area contributed by atoms with Crippen LogP contribution in [-0.4, -0.2) is 17.1 Å². The van der Waals surface area contributed by atoms with Gasteiger partial charge in [0.05, 0.1) is 13.0 Å². The lowest BCUT2D eigenvalue weighted by molar-refractivity contribution is -0.143. The average Bonchev–Trinajstić information content (AvgIpc) is 2.66. The fourth-order valence-electron chi connectivity index (χ4n) is 3.50. The van der Waals surface area contributed by atoms with Gasteiger partial charge in [-0.1, -0.05) is 36.4 Å². The number of benzene rings is 2. The van der Waals surface area contributed by atoms with Crippen molar-refractivity contribution in [1.82, 2.24) is 4.57 Å². The van der Waals surface area contributed by atoms with Crippen LogP contribution in [0.1, 0.15) is 30.2 Å². The SMILES string of the molecule is CCOC(=O)CCc1c(-c2ccccc2)c2cc(C)c(C)cc2c(=O)n1C. The molecule has 2 aromatic carbocycles. The van der Waals surface area contributed by atoms with Crippen molar-refractivity contribution in [3.05, 3.63) is 69.6 Å². The molecule has 0 bridgehead atoms. The average molecular weight is 363 g/mol. The smallest absolute Gasteiger partial charge is 0.306 e. The molecule has 3 rings (SSSR count).